The Labute approximate surface area is 142 Å². The van der Waals surface area contributed by atoms with E-state index in [0.29, 0.717) is 6.04 Å². The summed E-state index contributed by atoms with van der Waals surface area (Å²) in [6.45, 7) is 11.6. The van der Waals surface area contributed by atoms with E-state index in [0.717, 1.165) is 12.3 Å². The monoisotopic (exact) mass is 315 g/mol. The van der Waals surface area contributed by atoms with Gasteiger partial charge in [-0.25, -0.2) is 0 Å². The van der Waals surface area contributed by atoms with Gasteiger partial charge in [-0.2, -0.15) is 0 Å². The van der Waals surface area contributed by atoms with Crippen molar-refractivity contribution in [3.63, 3.8) is 0 Å². The highest BCUT2D eigenvalue weighted by Gasteiger charge is 2.36. The van der Waals surface area contributed by atoms with E-state index in [4.69, 9.17) is 4.74 Å². The lowest BCUT2D eigenvalue weighted by Crippen LogP contribution is -2.50. The maximum atomic E-state index is 5.31. The van der Waals surface area contributed by atoms with Gasteiger partial charge >= 0.3 is 0 Å². The van der Waals surface area contributed by atoms with Crippen molar-refractivity contribution in [2.45, 2.75) is 64.8 Å². The minimum absolute atomic E-state index is 0.133. The molecular weight excluding hydrogens is 282 g/mol. The predicted molar refractivity (Wildman–Crippen MR) is 99.3 cm³/mol. The highest BCUT2D eigenvalue weighted by atomic mass is 16.5. The van der Waals surface area contributed by atoms with Crippen LogP contribution in [0.2, 0.25) is 0 Å². The summed E-state index contributed by atoms with van der Waals surface area (Å²) in [5, 5.41) is 0. The summed E-state index contributed by atoms with van der Waals surface area (Å²) in [7, 11) is 1.73. The Balaban J connectivity index is 2.20. The van der Waals surface area contributed by atoms with Gasteiger partial charge in [-0.3, -0.25) is 4.90 Å². The van der Waals surface area contributed by atoms with Crippen LogP contribution in [0, 0.1) is 0 Å². The molecule has 1 aliphatic rings. The molecule has 0 fully saturated rings. The minimum Gasteiger partial charge on any atom is -0.497 e. The molecule has 1 atom stereocenters. The van der Waals surface area contributed by atoms with E-state index in [1.54, 1.807) is 7.11 Å². The van der Waals surface area contributed by atoms with Crippen LogP contribution in [-0.2, 0) is 5.41 Å². The Morgan fingerprint density at radius 2 is 1.87 bits per heavy atom. The Morgan fingerprint density at radius 3 is 2.48 bits per heavy atom. The van der Waals surface area contributed by atoms with E-state index in [2.05, 4.69) is 62.9 Å². The fourth-order valence-electron chi connectivity index (χ4n) is 3.65. The van der Waals surface area contributed by atoms with Crippen molar-refractivity contribution in [2.75, 3.05) is 20.2 Å². The van der Waals surface area contributed by atoms with Gasteiger partial charge in [-0.1, -0.05) is 57.4 Å². The zero-order valence-corrected chi connectivity index (χ0v) is 15.6. The smallest absolute Gasteiger partial charge is 0.118 e. The summed E-state index contributed by atoms with van der Waals surface area (Å²) in [5.74, 6) is 0.934. The molecule has 0 aromatic heterocycles. The van der Waals surface area contributed by atoms with Crippen LogP contribution in [0.15, 0.2) is 35.9 Å². The molecule has 0 radical (unpaired) electrons. The van der Waals surface area contributed by atoms with Gasteiger partial charge in [-0.15, -0.1) is 0 Å². The van der Waals surface area contributed by atoms with E-state index < -0.39 is 0 Å². The average Bonchev–Trinajstić information content (AvgIpc) is 2.56. The van der Waals surface area contributed by atoms with Crippen LogP contribution in [0.4, 0.5) is 0 Å². The molecule has 2 heteroatoms. The van der Waals surface area contributed by atoms with Crippen molar-refractivity contribution >= 4 is 0 Å². The number of ether oxygens (including phenoxy) is 1. The SMILES string of the molecule is CCCCCN1CC=C(C)CC1C(C)(C)c1ccc(OC)cc1. The first-order valence-electron chi connectivity index (χ1n) is 9.03. The lowest BCUT2D eigenvalue weighted by molar-refractivity contribution is 0.134. The van der Waals surface area contributed by atoms with Crippen molar-refractivity contribution in [1.29, 1.82) is 0 Å². The minimum atomic E-state index is 0.133. The summed E-state index contributed by atoms with van der Waals surface area (Å²) in [6.07, 6.45) is 7.50. The van der Waals surface area contributed by atoms with Crippen LogP contribution in [0.5, 0.6) is 5.75 Å². The second-order valence-corrected chi connectivity index (χ2v) is 7.42. The number of hydrogen-bond acceptors (Lipinski definition) is 2. The van der Waals surface area contributed by atoms with Gasteiger partial charge in [0, 0.05) is 18.0 Å². The number of nitrogens with zero attached hydrogens (tertiary/aromatic N) is 1. The lowest BCUT2D eigenvalue weighted by atomic mass is 9.73. The van der Waals surface area contributed by atoms with Crippen molar-refractivity contribution in [1.82, 2.24) is 4.90 Å². The van der Waals surface area contributed by atoms with Crippen LogP contribution in [0.1, 0.15) is 58.9 Å². The summed E-state index contributed by atoms with van der Waals surface area (Å²) in [5.41, 5.74) is 3.07. The van der Waals surface area contributed by atoms with Gasteiger partial charge < -0.3 is 4.74 Å². The molecule has 128 valence electrons. The van der Waals surface area contributed by atoms with Crippen LogP contribution >= 0.6 is 0 Å². The normalized spacial score (nSPS) is 19.5. The molecule has 0 aliphatic carbocycles. The van der Waals surface area contributed by atoms with Crippen molar-refractivity contribution in [2.24, 2.45) is 0 Å². The summed E-state index contributed by atoms with van der Waals surface area (Å²) in [4.78, 5) is 2.69. The van der Waals surface area contributed by atoms with E-state index in [1.165, 1.54) is 43.4 Å². The van der Waals surface area contributed by atoms with Crippen LogP contribution in [0.25, 0.3) is 0 Å². The van der Waals surface area contributed by atoms with Crippen LogP contribution < -0.4 is 4.74 Å². The molecule has 0 saturated carbocycles. The van der Waals surface area contributed by atoms with E-state index in [-0.39, 0.29) is 5.41 Å². The maximum absolute atomic E-state index is 5.31. The number of hydrogen-bond donors (Lipinski definition) is 0. The molecule has 1 unspecified atom stereocenters. The molecule has 23 heavy (non-hydrogen) atoms. The van der Waals surface area contributed by atoms with Gasteiger partial charge in [0.2, 0.25) is 0 Å². The van der Waals surface area contributed by atoms with Gasteiger partial charge in [-0.05, 0) is 44.0 Å². The number of benzene rings is 1. The summed E-state index contributed by atoms with van der Waals surface area (Å²) >= 11 is 0. The molecule has 0 amide bonds. The topological polar surface area (TPSA) is 12.5 Å². The third kappa shape index (κ3) is 4.38. The number of unbranched alkanes of at least 4 members (excludes halogenated alkanes) is 2. The van der Waals surface area contributed by atoms with Crippen LogP contribution in [-0.4, -0.2) is 31.1 Å². The first kappa shape index (κ1) is 18.1. The largest absolute Gasteiger partial charge is 0.497 e. The third-order valence-electron chi connectivity index (χ3n) is 5.35. The van der Waals surface area contributed by atoms with Gasteiger partial charge in [0.25, 0.3) is 0 Å². The molecule has 1 aliphatic heterocycles. The Bertz CT molecular complexity index is 515. The van der Waals surface area contributed by atoms with Gasteiger partial charge in [0.1, 0.15) is 5.75 Å². The first-order valence-corrected chi connectivity index (χ1v) is 9.03. The fraction of sp³-hybridized carbons (Fsp3) is 0.619. The molecule has 2 nitrogen and oxygen atoms in total. The quantitative estimate of drug-likeness (QED) is 0.507. The molecular formula is C21H33NO. The van der Waals surface area contributed by atoms with E-state index in [1.807, 2.05) is 0 Å². The van der Waals surface area contributed by atoms with Crippen molar-refractivity contribution in [3.05, 3.63) is 41.5 Å². The Morgan fingerprint density at radius 1 is 1.17 bits per heavy atom. The van der Waals surface area contributed by atoms with E-state index in [9.17, 15) is 0 Å². The van der Waals surface area contributed by atoms with Gasteiger partial charge in [0.15, 0.2) is 0 Å². The van der Waals surface area contributed by atoms with Crippen molar-refractivity contribution < 1.29 is 4.74 Å². The molecule has 0 spiro atoms. The zero-order chi connectivity index (χ0) is 16.9. The standard InChI is InChI=1S/C21H33NO/c1-6-7-8-14-22-15-13-17(2)16-20(22)21(3,4)18-9-11-19(23-5)12-10-18/h9-13,20H,6-8,14-16H2,1-5H3. The molecule has 1 heterocycles. The van der Waals surface area contributed by atoms with Crippen LogP contribution in [0.3, 0.4) is 0 Å². The second-order valence-electron chi connectivity index (χ2n) is 7.42. The van der Waals surface area contributed by atoms with Gasteiger partial charge in [0.05, 0.1) is 7.11 Å². The number of rotatable bonds is 7. The fourth-order valence-corrected chi connectivity index (χ4v) is 3.65. The molecule has 0 saturated heterocycles. The third-order valence-corrected chi connectivity index (χ3v) is 5.35. The summed E-state index contributed by atoms with van der Waals surface area (Å²) < 4.78 is 5.31. The highest BCUT2D eigenvalue weighted by Crippen LogP contribution is 2.36. The first-order chi connectivity index (χ1) is 11.0. The summed E-state index contributed by atoms with van der Waals surface area (Å²) in [6, 6.07) is 9.21. The average molecular weight is 316 g/mol. The molecule has 1 aromatic rings. The number of methoxy groups -OCH3 is 1. The Hall–Kier alpha value is -1.28. The highest BCUT2D eigenvalue weighted by molar-refractivity contribution is 5.33. The molecule has 2 rings (SSSR count). The maximum Gasteiger partial charge on any atom is 0.118 e. The van der Waals surface area contributed by atoms with Crippen molar-refractivity contribution in [3.8, 4) is 5.75 Å². The van der Waals surface area contributed by atoms with E-state index >= 15 is 0 Å². The second kappa shape index (κ2) is 8.01. The zero-order valence-electron chi connectivity index (χ0n) is 15.6. The predicted octanol–water partition coefficient (Wildman–Crippen LogP) is 5.18. The lowest BCUT2D eigenvalue weighted by Gasteiger charge is -2.45. The molecule has 0 bridgehead atoms. The Kier molecular flexibility index (Phi) is 6.29. The molecule has 1 aromatic carbocycles. The molecule has 0 N–H and O–H groups in total.